The summed E-state index contributed by atoms with van der Waals surface area (Å²) in [6.45, 7) is 2.77. The van der Waals surface area contributed by atoms with Crippen LogP contribution < -0.4 is 15.6 Å². The summed E-state index contributed by atoms with van der Waals surface area (Å²) in [5.41, 5.74) is 1.44. The first kappa shape index (κ1) is 16.2. The summed E-state index contributed by atoms with van der Waals surface area (Å²) >= 11 is 0. The number of carbonyl (C=O) groups is 1. The Morgan fingerprint density at radius 1 is 1.29 bits per heavy atom. The van der Waals surface area contributed by atoms with Crippen LogP contribution in [-0.2, 0) is 13.0 Å². The van der Waals surface area contributed by atoms with E-state index < -0.39 is 0 Å². The Hall–Kier alpha value is -2.63. The molecule has 1 N–H and O–H groups in total. The number of nitrogens with one attached hydrogen (secondary N) is 1. The maximum absolute atomic E-state index is 13.0. The number of pyridine rings is 1. The Labute approximate surface area is 139 Å². The lowest BCUT2D eigenvalue weighted by Gasteiger charge is -2.23. The molecule has 1 aromatic heterocycles. The van der Waals surface area contributed by atoms with Gasteiger partial charge in [-0.15, -0.1) is 0 Å². The standard InChI is InChI=1S/C18H19FN2O3/c1-2-24-15-11-16(22)21-10-4-3-5-14(21)17(15)18(23)20-13-8-6-12(19)7-9-13/h6-9,11H,2-5,10H2,1H3,(H,20,23). The van der Waals surface area contributed by atoms with Crippen molar-refractivity contribution in [2.45, 2.75) is 32.7 Å². The molecule has 6 heteroatoms. The number of halogens is 1. The van der Waals surface area contributed by atoms with Crippen molar-refractivity contribution in [1.29, 1.82) is 0 Å². The van der Waals surface area contributed by atoms with Crippen LogP contribution in [0.15, 0.2) is 35.1 Å². The lowest BCUT2D eigenvalue weighted by Crippen LogP contribution is -2.31. The molecule has 24 heavy (non-hydrogen) atoms. The normalized spacial score (nSPS) is 13.2. The summed E-state index contributed by atoms with van der Waals surface area (Å²) in [5, 5.41) is 2.75. The number of ether oxygens (including phenoxy) is 1. The van der Waals surface area contributed by atoms with Gasteiger partial charge in [0.1, 0.15) is 17.1 Å². The molecule has 2 aromatic rings. The smallest absolute Gasteiger partial charge is 0.261 e. The third-order valence-electron chi connectivity index (χ3n) is 4.06. The van der Waals surface area contributed by atoms with Crippen molar-refractivity contribution >= 4 is 11.6 Å². The molecule has 0 spiro atoms. The number of rotatable bonds is 4. The Balaban J connectivity index is 2.02. The number of aromatic nitrogens is 1. The van der Waals surface area contributed by atoms with Crippen molar-refractivity contribution in [1.82, 2.24) is 4.57 Å². The van der Waals surface area contributed by atoms with Crippen molar-refractivity contribution in [2.75, 3.05) is 11.9 Å². The van der Waals surface area contributed by atoms with Crippen molar-refractivity contribution < 1.29 is 13.9 Å². The van der Waals surface area contributed by atoms with Gasteiger partial charge < -0.3 is 14.6 Å². The maximum Gasteiger partial charge on any atom is 0.261 e. The Morgan fingerprint density at radius 3 is 2.75 bits per heavy atom. The number of nitrogens with zero attached hydrogens (tertiary/aromatic N) is 1. The first-order valence-electron chi connectivity index (χ1n) is 8.06. The van der Waals surface area contributed by atoms with Gasteiger partial charge in [0.2, 0.25) is 0 Å². The lowest BCUT2D eigenvalue weighted by atomic mass is 10.0. The van der Waals surface area contributed by atoms with E-state index in [2.05, 4.69) is 5.32 Å². The Morgan fingerprint density at radius 2 is 2.04 bits per heavy atom. The molecule has 1 aliphatic rings. The molecule has 0 unspecified atom stereocenters. The van der Waals surface area contributed by atoms with Gasteiger partial charge in [0.25, 0.3) is 11.5 Å². The highest BCUT2D eigenvalue weighted by atomic mass is 19.1. The summed E-state index contributed by atoms with van der Waals surface area (Å²) in [6, 6.07) is 6.93. The lowest BCUT2D eigenvalue weighted by molar-refractivity contribution is 0.102. The van der Waals surface area contributed by atoms with E-state index in [1.54, 1.807) is 11.5 Å². The topological polar surface area (TPSA) is 60.3 Å². The molecular formula is C18H19FN2O3. The fraction of sp³-hybridized carbons (Fsp3) is 0.333. The van der Waals surface area contributed by atoms with Gasteiger partial charge in [0.15, 0.2) is 0 Å². The zero-order valence-corrected chi connectivity index (χ0v) is 13.5. The number of carbonyl (C=O) groups excluding carboxylic acids is 1. The quantitative estimate of drug-likeness (QED) is 0.937. The van der Waals surface area contributed by atoms with Gasteiger partial charge in [-0.25, -0.2) is 4.39 Å². The van der Waals surface area contributed by atoms with E-state index in [4.69, 9.17) is 4.74 Å². The molecule has 5 nitrogen and oxygen atoms in total. The highest BCUT2D eigenvalue weighted by molar-refractivity contribution is 6.07. The minimum absolute atomic E-state index is 0.147. The number of hydrogen-bond donors (Lipinski definition) is 1. The van der Waals surface area contributed by atoms with Gasteiger partial charge in [-0.1, -0.05) is 0 Å². The SMILES string of the molecule is CCOc1cc(=O)n2c(c1C(=O)Nc1ccc(F)cc1)CCCC2. The highest BCUT2D eigenvalue weighted by Crippen LogP contribution is 2.26. The van der Waals surface area contributed by atoms with Crippen molar-refractivity contribution in [3.63, 3.8) is 0 Å². The number of hydrogen-bond acceptors (Lipinski definition) is 3. The molecule has 3 rings (SSSR count). The van der Waals surface area contributed by atoms with Crippen LogP contribution in [0.3, 0.4) is 0 Å². The molecule has 0 atom stereocenters. The van der Waals surface area contributed by atoms with Gasteiger partial charge in [0, 0.05) is 24.0 Å². The molecule has 0 aliphatic carbocycles. The van der Waals surface area contributed by atoms with Crippen LogP contribution in [-0.4, -0.2) is 17.1 Å². The zero-order chi connectivity index (χ0) is 17.1. The third-order valence-corrected chi connectivity index (χ3v) is 4.06. The highest BCUT2D eigenvalue weighted by Gasteiger charge is 2.24. The summed E-state index contributed by atoms with van der Waals surface area (Å²) in [7, 11) is 0. The largest absolute Gasteiger partial charge is 0.493 e. The van der Waals surface area contributed by atoms with E-state index in [0.717, 1.165) is 12.8 Å². The van der Waals surface area contributed by atoms with Crippen molar-refractivity contribution in [3.8, 4) is 5.75 Å². The second kappa shape index (κ2) is 6.86. The van der Waals surface area contributed by atoms with Crippen molar-refractivity contribution in [3.05, 3.63) is 57.8 Å². The van der Waals surface area contributed by atoms with E-state index in [-0.39, 0.29) is 17.3 Å². The van der Waals surface area contributed by atoms with E-state index in [0.29, 0.717) is 42.3 Å². The average Bonchev–Trinajstić information content (AvgIpc) is 2.57. The molecule has 0 bridgehead atoms. The van der Waals surface area contributed by atoms with Crippen LogP contribution in [0, 0.1) is 5.82 Å². The van der Waals surface area contributed by atoms with Gasteiger partial charge in [-0.2, -0.15) is 0 Å². The average molecular weight is 330 g/mol. The molecule has 0 saturated carbocycles. The monoisotopic (exact) mass is 330 g/mol. The number of fused-ring (bicyclic) bond motifs is 1. The molecule has 1 amide bonds. The minimum atomic E-state index is -0.369. The van der Waals surface area contributed by atoms with E-state index in [1.807, 2.05) is 0 Å². The minimum Gasteiger partial charge on any atom is -0.493 e. The third kappa shape index (κ3) is 3.18. The first-order chi connectivity index (χ1) is 11.6. The maximum atomic E-state index is 13.0. The molecule has 1 aliphatic heterocycles. The van der Waals surface area contributed by atoms with Crippen LogP contribution >= 0.6 is 0 Å². The van der Waals surface area contributed by atoms with Gasteiger partial charge >= 0.3 is 0 Å². The molecule has 2 heterocycles. The van der Waals surface area contributed by atoms with Crippen LogP contribution in [0.2, 0.25) is 0 Å². The predicted octanol–water partition coefficient (Wildman–Crippen LogP) is 2.97. The van der Waals surface area contributed by atoms with E-state index >= 15 is 0 Å². The molecule has 126 valence electrons. The van der Waals surface area contributed by atoms with E-state index in [9.17, 15) is 14.0 Å². The first-order valence-corrected chi connectivity index (χ1v) is 8.06. The molecule has 0 radical (unpaired) electrons. The summed E-state index contributed by atoms with van der Waals surface area (Å²) < 4.78 is 20.2. The second-order valence-corrected chi connectivity index (χ2v) is 5.67. The van der Waals surface area contributed by atoms with Crippen molar-refractivity contribution in [2.24, 2.45) is 0 Å². The summed E-state index contributed by atoms with van der Waals surface area (Å²) in [4.78, 5) is 25.0. The fourth-order valence-corrected chi connectivity index (χ4v) is 2.98. The second-order valence-electron chi connectivity index (χ2n) is 5.67. The Bertz CT molecular complexity index is 812. The van der Waals surface area contributed by atoms with Crippen LogP contribution in [0.25, 0.3) is 0 Å². The number of benzene rings is 1. The van der Waals surface area contributed by atoms with Crippen LogP contribution in [0.1, 0.15) is 35.8 Å². The fourth-order valence-electron chi connectivity index (χ4n) is 2.98. The van der Waals surface area contributed by atoms with Gasteiger partial charge in [-0.3, -0.25) is 9.59 Å². The predicted molar refractivity (Wildman–Crippen MR) is 89.2 cm³/mol. The molecule has 0 fully saturated rings. The number of anilines is 1. The summed E-state index contributed by atoms with van der Waals surface area (Å²) in [5.74, 6) is -0.419. The molecule has 1 aromatic carbocycles. The van der Waals surface area contributed by atoms with Gasteiger partial charge in [0.05, 0.1) is 6.61 Å². The number of amides is 1. The van der Waals surface area contributed by atoms with Crippen LogP contribution in [0.5, 0.6) is 5.75 Å². The van der Waals surface area contributed by atoms with Gasteiger partial charge in [-0.05, 0) is 50.5 Å². The molecule has 0 saturated heterocycles. The Kier molecular flexibility index (Phi) is 4.64. The summed E-state index contributed by atoms with van der Waals surface area (Å²) in [6.07, 6.45) is 2.49. The van der Waals surface area contributed by atoms with Crippen LogP contribution in [0.4, 0.5) is 10.1 Å². The molecular weight excluding hydrogens is 311 g/mol. The zero-order valence-electron chi connectivity index (χ0n) is 13.5. The van der Waals surface area contributed by atoms with E-state index in [1.165, 1.54) is 30.3 Å².